The molecule has 1 N–H and O–H groups in total. The van der Waals surface area contributed by atoms with Crippen LogP contribution in [0.4, 0.5) is 10.1 Å². The lowest BCUT2D eigenvalue weighted by molar-refractivity contribution is -0.144. The fourth-order valence-corrected chi connectivity index (χ4v) is 3.22. The molecule has 28 heavy (non-hydrogen) atoms. The summed E-state index contributed by atoms with van der Waals surface area (Å²) in [6.45, 7) is 1.99. The van der Waals surface area contributed by atoms with Gasteiger partial charge in [0.2, 0.25) is 0 Å². The average molecular weight is 424 g/mol. The van der Waals surface area contributed by atoms with Crippen molar-refractivity contribution >= 4 is 34.9 Å². The molecule has 0 fully saturated rings. The molecule has 3 aromatic rings. The minimum absolute atomic E-state index is 0.0926. The number of carbonyl (C=O) groups excluding carboxylic acids is 1. The zero-order chi connectivity index (χ0) is 20.1. The molecule has 0 aliphatic carbocycles. The number of aromatic nitrogens is 4. The zero-order valence-electron chi connectivity index (χ0n) is 14.8. The lowest BCUT2D eigenvalue weighted by Gasteiger charge is -2.19. The Hall–Kier alpha value is -2.71. The van der Waals surface area contributed by atoms with Crippen LogP contribution in [-0.2, 0) is 9.53 Å². The Kier molecular flexibility index (Phi) is 6.43. The second-order valence-electron chi connectivity index (χ2n) is 5.78. The summed E-state index contributed by atoms with van der Waals surface area (Å²) in [7, 11) is 0. The highest BCUT2D eigenvalue weighted by atomic mass is 35.5. The molecular weight excluding hydrogens is 408 g/mol. The molecule has 0 aliphatic rings. The maximum absolute atomic E-state index is 13.6. The Morgan fingerprint density at radius 1 is 1.21 bits per heavy atom. The number of hydrogen-bond acceptors (Lipinski definition) is 6. The molecule has 146 valence electrons. The van der Waals surface area contributed by atoms with E-state index < -0.39 is 17.7 Å². The quantitative estimate of drug-likeness (QED) is 0.580. The maximum Gasteiger partial charge on any atom is 0.315 e. The number of hydrogen-bond donors (Lipinski definition) is 1. The third-order valence-corrected chi connectivity index (χ3v) is 4.52. The fraction of sp³-hybridized carbons (Fsp3) is 0.222. The monoisotopic (exact) mass is 423 g/mol. The van der Waals surface area contributed by atoms with Crippen LogP contribution in [0, 0.1) is 5.82 Å². The molecule has 0 amide bonds. The van der Waals surface area contributed by atoms with E-state index in [0.717, 1.165) is 6.20 Å². The van der Waals surface area contributed by atoms with E-state index in [1.54, 1.807) is 23.6 Å². The van der Waals surface area contributed by atoms with Crippen LogP contribution in [0.5, 0.6) is 0 Å². The molecule has 3 rings (SSSR count). The Morgan fingerprint density at radius 2 is 1.89 bits per heavy atom. The van der Waals surface area contributed by atoms with Crippen LogP contribution in [0.15, 0.2) is 43.2 Å². The van der Waals surface area contributed by atoms with E-state index in [0.29, 0.717) is 27.0 Å². The molecule has 0 saturated heterocycles. The normalized spacial score (nSPS) is 11.9. The number of halogens is 3. The first kappa shape index (κ1) is 20.0. The van der Waals surface area contributed by atoms with Gasteiger partial charge in [-0.3, -0.25) is 14.3 Å². The van der Waals surface area contributed by atoms with Crippen molar-refractivity contribution in [1.29, 1.82) is 0 Å². The smallest absolute Gasteiger partial charge is 0.315 e. The number of carbonyl (C=O) groups is 1. The molecule has 0 spiro atoms. The van der Waals surface area contributed by atoms with E-state index in [4.69, 9.17) is 27.9 Å². The second-order valence-corrected chi connectivity index (χ2v) is 6.59. The number of rotatable bonds is 7. The number of pyridine rings is 1. The van der Waals surface area contributed by atoms with E-state index in [-0.39, 0.29) is 13.2 Å². The van der Waals surface area contributed by atoms with Crippen molar-refractivity contribution in [2.45, 2.75) is 12.8 Å². The average Bonchev–Trinajstić information content (AvgIpc) is 3.19. The van der Waals surface area contributed by atoms with Crippen molar-refractivity contribution in [2.75, 3.05) is 18.5 Å². The minimum atomic E-state index is -0.784. The topological polar surface area (TPSA) is 81.9 Å². The standard InChI is InChI=1S/C18H16Cl2FN5O2/c1-2-28-18(27)14(11-3-12(21)7-22-6-11)8-23-17-15(19)4-13(5-16(17)20)26-9-24-25-10-26/h3-7,9-10,14,23H,2,8H2,1H3. The highest BCUT2D eigenvalue weighted by molar-refractivity contribution is 6.39. The highest BCUT2D eigenvalue weighted by Crippen LogP contribution is 2.34. The largest absolute Gasteiger partial charge is 0.465 e. The number of esters is 1. The Balaban J connectivity index is 1.84. The van der Waals surface area contributed by atoms with Crippen molar-refractivity contribution in [2.24, 2.45) is 0 Å². The van der Waals surface area contributed by atoms with Gasteiger partial charge < -0.3 is 10.1 Å². The Morgan fingerprint density at radius 3 is 2.50 bits per heavy atom. The molecule has 1 atom stereocenters. The molecule has 1 unspecified atom stereocenters. The molecule has 7 nitrogen and oxygen atoms in total. The van der Waals surface area contributed by atoms with Gasteiger partial charge in [0.1, 0.15) is 24.4 Å². The van der Waals surface area contributed by atoms with Crippen molar-refractivity contribution < 1.29 is 13.9 Å². The SMILES string of the molecule is CCOC(=O)C(CNc1c(Cl)cc(-n2cnnc2)cc1Cl)c1cncc(F)c1. The summed E-state index contributed by atoms with van der Waals surface area (Å²) >= 11 is 12.7. The van der Waals surface area contributed by atoms with Gasteiger partial charge in [-0.05, 0) is 30.7 Å². The summed E-state index contributed by atoms with van der Waals surface area (Å²) in [5, 5.41) is 11.2. The molecule has 0 radical (unpaired) electrons. The van der Waals surface area contributed by atoms with Gasteiger partial charge in [-0.2, -0.15) is 0 Å². The van der Waals surface area contributed by atoms with Gasteiger partial charge in [-0.1, -0.05) is 23.2 Å². The number of nitrogens with zero attached hydrogens (tertiary/aromatic N) is 4. The van der Waals surface area contributed by atoms with Gasteiger partial charge in [0, 0.05) is 12.7 Å². The van der Waals surface area contributed by atoms with Crippen LogP contribution in [-0.4, -0.2) is 38.9 Å². The van der Waals surface area contributed by atoms with E-state index in [9.17, 15) is 9.18 Å². The van der Waals surface area contributed by atoms with Crippen molar-refractivity contribution in [3.63, 3.8) is 0 Å². The summed E-state index contributed by atoms with van der Waals surface area (Å²) in [4.78, 5) is 16.2. The molecule has 10 heteroatoms. The number of nitrogens with one attached hydrogen (secondary N) is 1. The summed E-state index contributed by atoms with van der Waals surface area (Å²) < 4.78 is 20.3. The lowest BCUT2D eigenvalue weighted by atomic mass is 10.0. The van der Waals surface area contributed by atoms with Crippen LogP contribution >= 0.6 is 23.2 Å². The van der Waals surface area contributed by atoms with Crippen LogP contribution in [0.1, 0.15) is 18.4 Å². The van der Waals surface area contributed by atoms with Crippen LogP contribution < -0.4 is 5.32 Å². The summed E-state index contributed by atoms with van der Waals surface area (Å²) in [5.74, 6) is -1.83. The predicted octanol–water partition coefficient (Wildman–Crippen LogP) is 3.87. The number of benzene rings is 1. The summed E-state index contributed by atoms with van der Waals surface area (Å²) in [6.07, 6.45) is 5.52. The van der Waals surface area contributed by atoms with Gasteiger partial charge >= 0.3 is 5.97 Å². The van der Waals surface area contributed by atoms with Gasteiger partial charge in [-0.25, -0.2) is 4.39 Å². The first-order valence-electron chi connectivity index (χ1n) is 8.34. The predicted molar refractivity (Wildman–Crippen MR) is 103 cm³/mol. The highest BCUT2D eigenvalue weighted by Gasteiger charge is 2.24. The maximum atomic E-state index is 13.6. The van der Waals surface area contributed by atoms with E-state index in [2.05, 4.69) is 20.5 Å². The molecule has 0 bridgehead atoms. The van der Waals surface area contributed by atoms with Gasteiger partial charge in [0.15, 0.2) is 0 Å². The first-order chi connectivity index (χ1) is 13.5. The summed E-state index contributed by atoms with van der Waals surface area (Å²) in [6, 6.07) is 4.61. The Bertz CT molecular complexity index is 945. The van der Waals surface area contributed by atoms with E-state index in [1.807, 2.05) is 0 Å². The van der Waals surface area contributed by atoms with Crippen LogP contribution in [0.3, 0.4) is 0 Å². The molecule has 2 heterocycles. The van der Waals surface area contributed by atoms with E-state index >= 15 is 0 Å². The fourth-order valence-electron chi connectivity index (χ4n) is 2.61. The zero-order valence-corrected chi connectivity index (χ0v) is 16.3. The number of anilines is 1. The van der Waals surface area contributed by atoms with Crippen molar-refractivity contribution in [1.82, 2.24) is 19.7 Å². The first-order valence-corrected chi connectivity index (χ1v) is 9.10. The molecular formula is C18H16Cl2FN5O2. The second kappa shape index (κ2) is 8.99. The minimum Gasteiger partial charge on any atom is -0.465 e. The number of ether oxygens (including phenoxy) is 1. The van der Waals surface area contributed by atoms with Crippen molar-refractivity contribution in [3.8, 4) is 5.69 Å². The van der Waals surface area contributed by atoms with Crippen LogP contribution in [0.2, 0.25) is 10.0 Å². The van der Waals surface area contributed by atoms with E-state index in [1.165, 1.54) is 24.9 Å². The molecule has 0 saturated carbocycles. The lowest BCUT2D eigenvalue weighted by Crippen LogP contribution is -2.24. The van der Waals surface area contributed by atoms with Gasteiger partial charge in [0.05, 0.1) is 34.2 Å². The molecule has 1 aromatic carbocycles. The van der Waals surface area contributed by atoms with Crippen LogP contribution in [0.25, 0.3) is 5.69 Å². The third-order valence-electron chi connectivity index (χ3n) is 3.93. The van der Waals surface area contributed by atoms with Crippen molar-refractivity contribution in [3.05, 3.63) is 64.7 Å². The van der Waals surface area contributed by atoms with Gasteiger partial charge in [-0.15, -0.1) is 10.2 Å². The van der Waals surface area contributed by atoms with Gasteiger partial charge in [0.25, 0.3) is 0 Å². The molecule has 0 aliphatic heterocycles. The Labute approximate surface area is 170 Å². The third kappa shape index (κ3) is 4.58. The summed E-state index contributed by atoms with van der Waals surface area (Å²) in [5.41, 5.74) is 1.51. The molecule has 2 aromatic heterocycles.